The van der Waals surface area contributed by atoms with Crippen LogP contribution >= 0.6 is 0 Å². The van der Waals surface area contributed by atoms with Gasteiger partial charge in [-0.1, -0.05) is 184 Å². The molecule has 14 heteroatoms. The van der Waals surface area contributed by atoms with E-state index >= 15 is 0 Å². The molecule has 0 aromatic rings. The number of aliphatic hydroxyl groups is 8. The van der Waals surface area contributed by atoms with Crippen molar-refractivity contribution in [3.63, 3.8) is 0 Å². The number of carbonyl (C=O) groups excluding carboxylic acids is 1. The molecule has 2 heterocycles. The van der Waals surface area contributed by atoms with Crippen LogP contribution in [-0.4, -0.2) is 140 Å². The SMILES string of the molecule is CC/C=C\C/C=C\C/C=C\C/C=C\CCCCCCCCCCC(=O)NC(COC1OC(CO)C(OC2OC(CO)C(O)C(O)C2O)C(O)C1O)C(O)CCCCCCCCCCCCCCC. The van der Waals surface area contributed by atoms with Gasteiger partial charge in [0.2, 0.25) is 5.91 Å². The molecule has 2 rings (SSSR count). The summed E-state index contributed by atoms with van der Waals surface area (Å²) >= 11 is 0. The maximum atomic E-state index is 13.2. The molecular formula is C54H97NO13. The van der Waals surface area contributed by atoms with E-state index < -0.39 is 86.8 Å². The van der Waals surface area contributed by atoms with Gasteiger partial charge < -0.3 is 65.1 Å². The molecule has 0 aliphatic carbocycles. The summed E-state index contributed by atoms with van der Waals surface area (Å²) in [4.78, 5) is 13.2. The summed E-state index contributed by atoms with van der Waals surface area (Å²) in [5.41, 5.74) is 0. The van der Waals surface area contributed by atoms with Crippen LogP contribution in [0.25, 0.3) is 0 Å². The molecule has 2 aliphatic rings. The number of ether oxygens (including phenoxy) is 4. The maximum absolute atomic E-state index is 13.2. The first kappa shape index (κ1) is 62.1. The van der Waals surface area contributed by atoms with Crippen LogP contribution in [0.1, 0.15) is 194 Å². The Bertz CT molecular complexity index is 1330. The van der Waals surface area contributed by atoms with Gasteiger partial charge in [0, 0.05) is 6.42 Å². The van der Waals surface area contributed by atoms with Gasteiger partial charge in [-0.05, 0) is 51.4 Å². The Kier molecular flexibility index (Phi) is 37.0. The van der Waals surface area contributed by atoms with Gasteiger partial charge >= 0.3 is 0 Å². The fourth-order valence-electron chi connectivity index (χ4n) is 8.70. The van der Waals surface area contributed by atoms with E-state index in [1.807, 2.05) is 0 Å². The van der Waals surface area contributed by atoms with Crippen LogP contribution in [0.4, 0.5) is 0 Å². The van der Waals surface area contributed by atoms with Crippen molar-refractivity contribution in [3.05, 3.63) is 48.6 Å². The minimum atomic E-state index is -1.78. The maximum Gasteiger partial charge on any atom is 0.220 e. The average molecular weight is 968 g/mol. The number of unbranched alkanes of at least 4 members (excludes halogenated alkanes) is 20. The third kappa shape index (κ3) is 27.0. The molecule has 396 valence electrons. The van der Waals surface area contributed by atoms with Crippen molar-refractivity contribution >= 4 is 5.91 Å². The predicted octanol–water partition coefficient (Wildman–Crippen LogP) is 7.66. The number of aliphatic hydroxyl groups excluding tert-OH is 8. The molecule has 0 aromatic heterocycles. The van der Waals surface area contributed by atoms with Gasteiger partial charge in [0.25, 0.3) is 0 Å². The minimum absolute atomic E-state index is 0.217. The first-order chi connectivity index (χ1) is 33.1. The lowest BCUT2D eigenvalue weighted by Crippen LogP contribution is -2.65. The lowest BCUT2D eigenvalue weighted by molar-refractivity contribution is -0.359. The molecule has 14 nitrogen and oxygen atoms in total. The largest absolute Gasteiger partial charge is 0.394 e. The minimum Gasteiger partial charge on any atom is -0.394 e. The van der Waals surface area contributed by atoms with E-state index in [1.165, 1.54) is 83.5 Å². The zero-order chi connectivity index (χ0) is 49.6. The summed E-state index contributed by atoms with van der Waals surface area (Å²) in [5.74, 6) is -0.217. The van der Waals surface area contributed by atoms with Crippen molar-refractivity contribution in [2.24, 2.45) is 0 Å². The van der Waals surface area contributed by atoms with Crippen LogP contribution in [0.15, 0.2) is 48.6 Å². The van der Waals surface area contributed by atoms with Crippen LogP contribution < -0.4 is 5.32 Å². The zero-order valence-electron chi connectivity index (χ0n) is 42.1. The summed E-state index contributed by atoms with van der Waals surface area (Å²) in [7, 11) is 0. The van der Waals surface area contributed by atoms with Gasteiger partial charge in [0.15, 0.2) is 12.6 Å². The Morgan fingerprint density at radius 2 is 1.01 bits per heavy atom. The first-order valence-corrected chi connectivity index (χ1v) is 26.9. The number of allylic oxidation sites excluding steroid dienone is 8. The molecule has 12 atom stereocenters. The number of hydrogen-bond acceptors (Lipinski definition) is 13. The Labute approximate surface area is 410 Å². The second-order valence-corrected chi connectivity index (χ2v) is 19.0. The molecule has 0 bridgehead atoms. The van der Waals surface area contributed by atoms with Crippen LogP contribution in [0, 0.1) is 0 Å². The topological polar surface area (TPSA) is 228 Å². The van der Waals surface area contributed by atoms with E-state index in [0.29, 0.717) is 19.3 Å². The third-order valence-corrected chi connectivity index (χ3v) is 13.1. The standard InChI is InChI=1S/C54H97NO13/c1-3-5-7-9-11-13-15-17-18-19-20-21-22-23-24-26-28-30-32-34-36-38-46(59)55-42(43(58)37-35-33-31-29-27-25-16-14-12-10-8-6-4-2)41-65-53-51(64)49(62)52(45(40-57)67-53)68-54-50(63)48(61)47(60)44(39-56)66-54/h5,7,11,13,17-18,20-21,42-45,47-54,56-58,60-64H,3-4,6,8-10,12,14-16,19,22-41H2,1-2H3,(H,55,59)/b7-5-,13-11-,18-17-,21-20-. The second kappa shape index (κ2) is 40.5. The van der Waals surface area contributed by atoms with Crippen LogP contribution in [0.5, 0.6) is 0 Å². The smallest absolute Gasteiger partial charge is 0.220 e. The average Bonchev–Trinajstić information content (AvgIpc) is 3.34. The predicted molar refractivity (Wildman–Crippen MR) is 267 cm³/mol. The van der Waals surface area contributed by atoms with Gasteiger partial charge in [0.1, 0.15) is 48.8 Å². The van der Waals surface area contributed by atoms with E-state index in [-0.39, 0.29) is 12.5 Å². The molecular weight excluding hydrogens is 871 g/mol. The van der Waals surface area contributed by atoms with Crippen molar-refractivity contribution in [3.8, 4) is 0 Å². The number of rotatable bonds is 41. The summed E-state index contributed by atoms with van der Waals surface area (Å²) in [6.45, 7) is 2.72. The molecule has 2 saturated heterocycles. The molecule has 0 radical (unpaired) electrons. The molecule has 1 amide bonds. The molecule has 9 N–H and O–H groups in total. The van der Waals surface area contributed by atoms with Gasteiger partial charge in [-0.15, -0.1) is 0 Å². The number of amides is 1. The third-order valence-electron chi connectivity index (χ3n) is 13.1. The van der Waals surface area contributed by atoms with Gasteiger partial charge in [-0.25, -0.2) is 0 Å². The summed E-state index contributed by atoms with van der Waals surface area (Å²) in [6, 6.07) is -0.833. The first-order valence-electron chi connectivity index (χ1n) is 26.9. The highest BCUT2D eigenvalue weighted by molar-refractivity contribution is 5.76. The molecule has 0 spiro atoms. The normalized spacial score (nSPS) is 26.7. The lowest BCUT2D eigenvalue weighted by Gasteiger charge is -2.46. The fourth-order valence-corrected chi connectivity index (χ4v) is 8.70. The second-order valence-electron chi connectivity index (χ2n) is 19.0. The van der Waals surface area contributed by atoms with E-state index in [9.17, 15) is 45.6 Å². The van der Waals surface area contributed by atoms with Crippen molar-refractivity contribution in [1.29, 1.82) is 0 Å². The van der Waals surface area contributed by atoms with Crippen LogP contribution in [-0.2, 0) is 23.7 Å². The number of nitrogens with one attached hydrogen (secondary N) is 1. The van der Waals surface area contributed by atoms with E-state index in [1.54, 1.807) is 0 Å². The van der Waals surface area contributed by atoms with Crippen molar-refractivity contribution in [2.75, 3.05) is 19.8 Å². The Morgan fingerprint density at radius 3 is 1.56 bits per heavy atom. The van der Waals surface area contributed by atoms with Gasteiger partial charge in [-0.2, -0.15) is 0 Å². The summed E-state index contributed by atoms with van der Waals surface area (Å²) in [5, 5.41) is 87.0. The number of carbonyl (C=O) groups is 1. The molecule has 12 unspecified atom stereocenters. The van der Waals surface area contributed by atoms with E-state index in [0.717, 1.165) is 77.0 Å². The zero-order valence-corrected chi connectivity index (χ0v) is 42.1. The van der Waals surface area contributed by atoms with Gasteiger partial charge in [0.05, 0.1) is 32.0 Å². The van der Waals surface area contributed by atoms with Crippen LogP contribution in [0.3, 0.4) is 0 Å². The van der Waals surface area contributed by atoms with E-state index in [4.69, 9.17) is 18.9 Å². The van der Waals surface area contributed by atoms with Gasteiger partial charge in [-0.3, -0.25) is 4.79 Å². The van der Waals surface area contributed by atoms with Crippen LogP contribution in [0.2, 0.25) is 0 Å². The van der Waals surface area contributed by atoms with Crippen molar-refractivity contribution < 1.29 is 64.6 Å². The van der Waals surface area contributed by atoms with Crippen molar-refractivity contribution in [2.45, 2.75) is 267 Å². The molecule has 0 saturated carbocycles. The van der Waals surface area contributed by atoms with E-state index in [2.05, 4.69) is 67.8 Å². The highest BCUT2D eigenvalue weighted by Crippen LogP contribution is 2.30. The number of hydrogen-bond donors (Lipinski definition) is 9. The molecule has 68 heavy (non-hydrogen) atoms. The Balaban J connectivity index is 1.79. The molecule has 0 aromatic carbocycles. The molecule has 2 aliphatic heterocycles. The van der Waals surface area contributed by atoms with Crippen molar-refractivity contribution in [1.82, 2.24) is 5.32 Å². The lowest BCUT2D eigenvalue weighted by atomic mass is 9.97. The fraction of sp³-hybridized carbons (Fsp3) is 0.833. The monoisotopic (exact) mass is 968 g/mol. The highest BCUT2D eigenvalue weighted by Gasteiger charge is 2.51. The Hall–Kier alpha value is -2.05. The molecule has 2 fully saturated rings. The highest BCUT2D eigenvalue weighted by atomic mass is 16.7. The summed E-state index contributed by atoms with van der Waals surface area (Å²) < 4.78 is 22.8. The Morgan fingerprint density at radius 1 is 0.544 bits per heavy atom. The quantitative estimate of drug-likeness (QED) is 0.0212. The summed E-state index contributed by atoms with van der Waals surface area (Å²) in [6.07, 6.45) is 31.0.